The van der Waals surface area contributed by atoms with Gasteiger partial charge in [0.15, 0.2) is 0 Å². The SMILES string of the molecule is CS(=O)(=O)N(CCNC(=O)Cc1cccc(F)c1)Cc1ccc(F)cc1. The van der Waals surface area contributed by atoms with Crippen LogP contribution in [-0.4, -0.2) is 38.0 Å². The van der Waals surface area contributed by atoms with Crippen molar-refractivity contribution in [3.05, 3.63) is 71.3 Å². The fourth-order valence-corrected chi connectivity index (χ4v) is 3.18. The van der Waals surface area contributed by atoms with Crippen LogP contribution in [0.3, 0.4) is 0 Å². The van der Waals surface area contributed by atoms with Gasteiger partial charge in [0.25, 0.3) is 0 Å². The Balaban J connectivity index is 1.89. The Morgan fingerprint density at radius 1 is 1.04 bits per heavy atom. The minimum absolute atomic E-state index is 0.00853. The fourth-order valence-electron chi connectivity index (χ4n) is 2.37. The molecule has 0 aliphatic rings. The molecule has 0 unspecified atom stereocenters. The number of nitrogens with zero attached hydrogens (tertiary/aromatic N) is 1. The van der Waals surface area contributed by atoms with E-state index in [1.165, 1.54) is 46.8 Å². The largest absolute Gasteiger partial charge is 0.354 e. The Morgan fingerprint density at radius 2 is 1.73 bits per heavy atom. The molecule has 0 atom stereocenters. The van der Waals surface area contributed by atoms with E-state index in [1.54, 1.807) is 6.07 Å². The molecule has 0 radical (unpaired) electrons. The summed E-state index contributed by atoms with van der Waals surface area (Å²) in [5.41, 5.74) is 1.18. The standard InChI is InChI=1S/C18H20F2N2O3S/c1-26(24,25)22(13-14-5-7-16(19)8-6-14)10-9-21-18(23)12-15-3-2-4-17(20)11-15/h2-8,11H,9-10,12-13H2,1H3,(H,21,23). The number of hydrogen-bond donors (Lipinski definition) is 1. The van der Waals surface area contributed by atoms with E-state index in [1.807, 2.05) is 0 Å². The molecule has 140 valence electrons. The minimum Gasteiger partial charge on any atom is -0.354 e. The summed E-state index contributed by atoms with van der Waals surface area (Å²) in [6, 6.07) is 11.3. The minimum atomic E-state index is -3.50. The molecule has 2 aromatic carbocycles. The normalized spacial score (nSPS) is 11.5. The lowest BCUT2D eigenvalue weighted by Gasteiger charge is -2.20. The number of halogens is 2. The van der Waals surface area contributed by atoms with E-state index >= 15 is 0 Å². The van der Waals surface area contributed by atoms with Gasteiger partial charge >= 0.3 is 0 Å². The van der Waals surface area contributed by atoms with Gasteiger partial charge in [-0.1, -0.05) is 24.3 Å². The highest BCUT2D eigenvalue weighted by atomic mass is 32.2. The van der Waals surface area contributed by atoms with Crippen molar-refractivity contribution in [1.29, 1.82) is 0 Å². The third kappa shape index (κ3) is 6.53. The van der Waals surface area contributed by atoms with Crippen LogP contribution < -0.4 is 5.32 Å². The molecule has 8 heteroatoms. The average molecular weight is 382 g/mol. The zero-order valence-corrected chi connectivity index (χ0v) is 15.1. The third-order valence-electron chi connectivity index (χ3n) is 3.68. The van der Waals surface area contributed by atoms with Crippen LogP contribution in [0.2, 0.25) is 0 Å². The second-order valence-corrected chi connectivity index (χ2v) is 7.86. The molecule has 1 amide bonds. The summed E-state index contributed by atoms with van der Waals surface area (Å²) < 4.78 is 51.1. The Morgan fingerprint density at radius 3 is 2.35 bits per heavy atom. The van der Waals surface area contributed by atoms with E-state index in [-0.39, 0.29) is 32.0 Å². The Labute approximate surface area is 151 Å². The van der Waals surface area contributed by atoms with Crippen LogP contribution in [0.5, 0.6) is 0 Å². The van der Waals surface area contributed by atoms with Crippen molar-refractivity contribution in [1.82, 2.24) is 9.62 Å². The van der Waals surface area contributed by atoms with Gasteiger partial charge in [-0.2, -0.15) is 4.31 Å². The summed E-state index contributed by atoms with van der Waals surface area (Å²) in [5, 5.41) is 2.62. The maximum atomic E-state index is 13.1. The molecule has 0 heterocycles. The van der Waals surface area contributed by atoms with E-state index in [0.29, 0.717) is 11.1 Å². The van der Waals surface area contributed by atoms with E-state index in [4.69, 9.17) is 0 Å². The smallest absolute Gasteiger partial charge is 0.224 e. The Kier molecular flexibility index (Phi) is 6.82. The van der Waals surface area contributed by atoms with Crippen LogP contribution in [-0.2, 0) is 27.8 Å². The van der Waals surface area contributed by atoms with Crippen molar-refractivity contribution in [2.45, 2.75) is 13.0 Å². The molecule has 0 fully saturated rings. The lowest BCUT2D eigenvalue weighted by atomic mass is 10.1. The van der Waals surface area contributed by atoms with Crippen LogP contribution in [0, 0.1) is 11.6 Å². The van der Waals surface area contributed by atoms with E-state index in [9.17, 15) is 22.0 Å². The number of sulfonamides is 1. The number of hydrogen-bond acceptors (Lipinski definition) is 3. The number of rotatable bonds is 8. The highest BCUT2D eigenvalue weighted by Gasteiger charge is 2.17. The lowest BCUT2D eigenvalue weighted by molar-refractivity contribution is -0.120. The quantitative estimate of drug-likeness (QED) is 0.760. The maximum absolute atomic E-state index is 13.1. The van der Waals surface area contributed by atoms with Gasteiger partial charge in [0.05, 0.1) is 12.7 Å². The second kappa shape index (κ2) is 8.86. The van der Waals surface area contributed by atoms with E-state index < -0.39 is 21.7 Å². The molecule has 2 rings (SSSR count). The van der Waals surface area contributed by atoms with Crippen molar-refractivity contribution in [2.75, 3.05) is 19.3 Å². The first-order valence-electron chi connectivity index (χ1n) is 7.95. The van der Waals surface area contributed by atoms with E-state index in [2.05, 4.69) is 5.32 Å². The first kappa shape index (κ1) is 20.0. The predicted molar refractivity (Wildman–Crippen MR) is 94.8 cm³/mol. The van der Waals surface area contributed by atoms with Gasteiger partial charge in [-0.25, -0.2) is 17.2 Å². The molecule has 0 saturated heterocycles. The maximum Gasteiger partial charge on any atom is 0.224 e. The van der Waals surface area contributed by atoms with Gasteiger partial charge in [0.1, 0.15) is 11.6 Å². The van der Waals surface area contributed by atoms with Gasteiger partial charge in [0, 0.05) is 19.6 Å². The molecule has 0 aliphatic carbocycles. The van der Waals surface area contributed by atoms with Gasteiger partial charge in [-0.3, -0.25) is 4.79 Å². The highest BCUT2D eigenvalue weighted by Crippen LogP contribution is 2.09. The summed E-state index contributed by atoms with van der Waals surface area (Å²) >= 11 is 0. The van der Waals surface area contributed by atoms with Gasteiger partial charge in [-0.05, 0) is 35.4 Å². The zero-order chi connectivity index (χ0) is 19.2. The molecule has 0 aliphatic heterocycles. The van der Waals surface area contributed by atoms with Crippen molar-refractivity contribution in [3.63, 3.8) is 0 Å². The van der Waals surface area contributed by atoms with Crippen LogP contribution in [0.15, 0.2) is 48.5 Å². The average Bonchev–Trinajstić information content (AvgIpc) is 2.55. The molecule has 0 spiro atoms. The molecule has 0 aromatic heterocycles. The molecule has 0 bridgehead atoms. The number of benzene rings is 2. The third-order valence-corrected chi connectivity index (χ3v) is 4.93. The highest BCUT2D eigenvalue weighted by molar-refractivity contribution is 7.88. The number of carbonyl (C=O) groups excluding carboxylic acids is 1. The zero-order valence-electron chi connectivity index (χ0n) is 14.3. The molecule has 5 nitrogen and oxygen atoms in total. The lowest BCUT2D eigenvalue weighted by Crippen LogP contribution is -2.38. The molecular weight excluding hydrogens is 362 g/mol. The van der Waals surface area contributed by atoms with Crippen LogP contribution >= 0.6 is 0 Å². The van der Waals surface area contributed by atoms with Crippen molar-refractivity contribution >= 4 is 15.9 Å². The molecule has 2 aromatic rings. The summed E-state index contributed by atoms with van der Waals surface area (Å²) in [6.07, 6.45) is 1.08. The molecule has 26 heavy (non-hydrogen) atoms. The summed E-state index contributed by atoms with van der Waals surface area (Å²) in [7, 11) is -3.50. The number of carbonyl (C=O) groups is 1. The molecule has 1 N–H and O–H groups in total. The van der Waals surface area contributed by atoms with Gasteiger partial charge < -0.3 is 5.32 Å². The first-order chi connectivity index (χ1) is 12.2. The van der Waals surface area contributed by atoms with E-state index in [0.717, 1.165) is 6.26 Å². The fraction of sp³-hybridized carbons (Fsp3) is 0.278. The van der Waals surface area contributed by atoms with Crippen molar-refractivity contribution in [2.24, 2.45) is 0 Å². The first-order valence-corrected chi connectivity index (χ1v) is 9.79. The van der Waals surface area contributed by atoms with Crippen LogP contribution in [0.4, 0.5) is 8.78 Å². The van der Waals surface area contributed by atoms with Crippen LogP contribution in [0.1, 0.15) is 11.1 Å². The monoisotopic (exact) mass is 382 g/mol. The number of amides is 1. The van der Waals surface area contributed by atoms with Crippen molar-refractivity contribution in [3.8, 4) is 0 Å². The predicted octanol–water partition coefficient (Wildman–Crippen LogP) is 2.09. The molecular formula is C18H20F2N2O3S. The second-order valence-electron chi connectivity index (χ2n) is 5.88. The van der Waals surface area contributed by atoms with Crippen LogP contribution in [0.25, 0.3) is 0 Å². The van der Waals surface area contributed by atoms with Crippen molar-refractivity contribution < 1.29 is 22.0 Å². The molecule has 0 saturated carbocycles. The Hall–Kier alpha value is -2.32. The van der Waals surface area contributed by atoms with Gasteiger partial charge in [0.2, 0.25) is 15.9 Å². The Bertz CT molecular complexity index is 855. The summed E-state index contributed by atoms with van der Waals surface area (Å²) in [5.74, 6) is -1.15. The number of nitrogens with one attached hydrogen (secondary N) is 1. The topological polar surface area (TPSA) is 66.5 Å². The summed E-state index contributed by atoms with van der Waals surface area (Å²) in [6.45, 7) is 0.270. The van der Waals surface area contributed by atoms with Gasteiger partial charge in [-0.15, -0.1) is 0 Å². The summed E-state index contributed by atoms with van der Waals surface area (Å²) in [4.78, 5) is 11.9.